The molecule has 8 heteroatoms. The maximum atomic E-state index is 12.2. The number of aromatic nitrogens is 3. The fourth-order valence-corrected chi connectivity index (χ4v) is 3.63. The van der Waals surface area contributed by atoms with Crippen LogP contribution in [0.1, 0.15) is 10.7 Å². The van der Waals surface area contributed by atoms with Crippen molar-refractivity contribution in [1.82, 2.24) is 30.3 Å². The summed E-state index contributed by atoms with van der Waals surface area (Å²) in [6, 6.07) is 8.13. The third-order valence-corrected chi connectivity index (χ3v) is 5.24. The maximum Gasteiger partial charge on any atom is 0.317 e. The van der Waals surface area contributed by atoms with E-state index in [0.29, 0.717) is 6.54 Å². The number of thiazole rings is 1. The van der Waals surface area contributed by atoms with Gasteiger partial charge >= 0.3 is 6.03 Å². The maximum absolute atomic E-state index is 12.2. The Morgan fingerprint density at radius 2 is 2.08 bits per heavy atom. The van der Waals surface area contributed by atoms with E-state index in [0.717, 1.165) is 48.9 Å². The summed E-state index contributed by atoms with van der Waals surface area (Å²) in [7, 11) is 0. The van der Waals surface area contributed by atoms with Crippen LogP contribution in [-0.4, -0.2) is 57.2 Å². The number of carbonyl (C=O) groups excluding carboxylic acids is 1. The molecule has 0 spiro atoms. The van der Waals surface area contributed by atoms with Gasteiger partial charge in [0.15, 0.2) is 0 Å². The molecule has 1 aromatic carbocycles. The molecule has 3 heterocycles. The molecule has 1 aliphatic rings. The fourth-order valence-electron chi connectivity index (χ4n) is 3.07. The van der Waals surface area contributed by atoms with Crippen LogP contribution >= 0.6 is 11.3 Å². The Kier molecular flexibility index (Phi) is 4.62. The van der Waals surface area contributed by atoms with E-state index in [4.69, 9.17) is 0 Å². The Bertz CT molecular complexity index is 838. The van der Waals surface area contributed by atoms with Gasteiger partial charge in [-0.25, -0.2) is 9.78 Å². The second-order valence-electron chi connectivity index (χ2n) is 6.07. The summed E-state index contributed by atoms with van der Waals surface area (Å²) < 4.78 is 0. The van der Waals surface area contributed by atoms with E-state index in [1.807, 2.05) is 28.5 Å². The summed E-state index contributed by atoms with van der Waals surface area (Å²) in [6.07, 6.45) is 1.75. The lowest BCUT2D eigenvalue weighted by molar-refractivity contribution is 0.134. The smallest absolute Gasteiger partial charge is 0.317 e. The highest BCUT2D eigenvalue weighted by atomic mass is 32.1. The van der Waals surface area contributed by atoms with Gasteiger partial charge < -0.3 is 10.2 Å². The molecule has 0 unspecified atom stereocenters. The number of nitrogens with zero attached hydrogens (tertiary/aromatic N) is 4. The molecule has 1 aliphatic heterocycles. The van der Waals surface area contributed by atoms with Gasteiger partial charge in [-0.1, -0.05) is 18.2 Å². The molecule has 1 saturated heterocycles. The Labute approximate surface area is 149 Å². The van der Waals surface area contributed by atoms with Gasteiger partial charge in [0.05, 0.1) is 17.8 Å². The van der Waals surface area contributed by atoms with Crippen molar-refractivity contribution in [2.24, 2.45) is 0 Å². The number of piperazine rings is 1. The van der Waals surface area contributed by atoms with Crippen molar-refractivity contribution < 1.29 is 4.79 Å². The molecule has 4 rings (SSSR count). The molecule has 2 amide bonds. The zero-order valence-corrected chi connectivity index (χ0v) is 14.6. The van der Waals surface area contributed by atoms with Gasteiger partial charge in [0.1, 0.15) is 5.01 Å². The summed E-state index contributed by atoms with van der Waals surface area (Å²) >= 11 is 1.55. The number of hydrogen-bond donors (Lipinski definition) is 2. The molecule has 130 valence electrons. The number of fused-ring (bicyclic) bond motifs is 1. The number of benzene rings is 1. The first-order valence-corrected chi connectivity index (χ1v) is 9.23. The van der Waals surface area contributed by atoms with Crippen molar-refractivity contribution in [1.29, 1.82) is 0 Å². The van der Waals surface area contributed by atoms with Crippen molar-refractivity contribution >= 4 is 28.3 Å². The molecular weight excluding hydrogens is 336 g/mol. The molecule has 2 N–H and O–H groups in total. The summed E-state index contributed by atoms with van der Waals surface area (Å²) in [5, 5.41) is 14.4. The molecule has 2 aromatic heterocycles. The summed E-state index contributed by atoms with van der Waals surface area (Å²) in [4.78, 5) is 20.7. The molecular formula is C17H20N6OS. The van der Waals surface area contributed by atoms with Crippen molar-refractivity contribution in [3.63, 3.8) is 0 Å². The lowest BCUT2D eigenvalue weighted by atomic mass is 10.2. The highest BCUT2D eigenvalue weighted by Crippen LogP contribution is 2.17. The number of aromatic amines is 1. The number of rotatable bonds is 4. The Morgan fingerprint density at radius 1 is 1.24 bits per heavy atom. The third kappa shape index (κ3) is 3.64. The van der Waals surface area contributed by atoms with E-state index in [1.165, 1.54) is 5.39 Å². The fraction of sp³-hybridized carbons (Fsp3) is 0.353. The SMILES string of the molecule is O=C(NCc1nccs1)N1CCN(Cc2[nH]nc3ccccc23)CC1. The van der Waals surface area contributed by atoms with Gasteiger partial charge in [-0.3, -0.25) is 10.00 Å². The van der Waals surface area contributed by atoms with E-state index in [9.17, 15) is 4.79 Å². The van der Waals surface area contributed by atoms with Gasteiger partial charge in [0, 0.05) is 49.7 Å². The predicted octanol–water partition coefficient (Wildman–Crippen LogP) is 2.05. The van der Waals surface area contributed by atoms with Crippen molar-refractivity contribution in [2.45, 2.75) is 13.1 Å². The monoisotopic (exact) mass is 356 g/mol. The minimum atomic E-state index is -0.0122. The van der Waals surface area contributed by atoms with Crippen LogP contribution in [0.5, 0.6) is 0 Å². The second kappa shape index (κ2) is 7.20. The summed E-state index contributed by atoms with van der Waals surface area (Å²) in [5.74, 6) is 0. The first-order chi connectivity index (χ1) is 12.3. The van der Waals surface area contributed by atoms with Gasteiger partial charge in [-0.2, -0.15) is 5.10 Å². The average molecular weight is 356 g/mol. The molecule has 0 saturated carbocycles. The largest absolute Gasteiger partial charge is 0.331 e. The highest BCUT2D eigenvalue weighted by molar-refractivity contribution is 7.09. The molecule has 0 radical (unpaired) electrons. The number of para-hydroxylation sites is 1. The standard InChI is InChI=1S/C17H20N6OS/c24-17(19-11-16-18-5-10-25-16)23-8-6-22(7-9-23)12-15-13-3-1-2-4-14(13)20-21-15/h1-5,10H,6-9,11-12H2,(H,19,24)(H,20,21). The minimum absolute atomic E-state index is 0.0122. The Morgan fingerprint density at radius 3 is 2.88 bits per heavy atom. The van der Waals surface area contributed by atoms with Crippen LogP contribution in [0.25, 0.3) is 10.9 Å². The first kappa shape index (κ1) is 16.0. The number of carbonyl (C=O) groups is 1. The number of H-pyrrole nitrogens is 1. The quantitative estimate of drug-likeness (QED) is 0.750. The average Bonchev–Trinajstić information content (AvgIpc) is 3.31. The van der Waals surface area contributed by atoms with E-state index in [1.54, 1.807) is 17.5 Å². The Balaban J connectivity index is 1.28. The lowest BCUT2D eigenvalue weighted by Crippen LogP contribution is -2.51. The van der Waals surface area contributed by atoms with E-state index in [2.05, 4.69) is 31.5 Å². The predicted molar refractivity (Wildman–Crippen MR) is 97.3 cm³/mol. The van der Waals surface area contributed by atoms with Gasteiger partial charge in [-0.05, 0) is 6.07 Å². The van der Waals surface area contributed by atoms with Crippen molar-refractivity contribution in [3.05, 3.63) is 46.5 Å². The normalized spacial score (nSPS) is 15.6. The number of nitrogens with one attached hydrogen (secondary N) is 2. The molecule has 0 bridgehead atoms. The topological polar surface area (TPSA) is 77.2 Å². The van der Waals surface area contributed by atoms with Crippen LogP contribution in [0, 0.1) is 0 Å². The highest BCUT2D eigenvalue weighted by Gasteiger charge is 2.22. The molecule has 25 heavy (non-hydrogen) atoms. The Hall–Kier alpha value is -2.45. The minimum Gasteiger partial charge on any atom is -0.331 e. The van der Waals surface area contributed by atoms with Crippen LogP contribution in [0.4, 0.5) is 4.79 Å². The van der Waals surface area contributed by atoms with Crippen LogP contribution in [0.3, 0.4) is 0 Å². The zero-order valence-electron chi connectivity index (χ0n) is 13.8. The summed E-state index contributed by atoms with van der Waals surface area (Å²) in [6.45, 7) is 4.51. The number of hydrogen-bond acceptors (Lipinski definition) is 5. The van der Waals surface area contributed by atoms with E-state index < -0.39 is 0 Å². The van der Waals surface area contributed by atoms with Crippen LogP contribution in [0.15, 0.2) is 35.8 Å². The molecule has 1 fully saturated rings. The molecule has 3 aromatic rings. The molecule has 7 nitrogen and oxygen atoms in total. The number of amides is 2. The first-order valence-electron chi connectivity index (χ1n) is 8.35. The second-order valence-corrected chi connectivity index (χ2v) is 7.05. The van der Waals surface area contributed by atoms with Gasteiger partial charge in [0.2, 0.25) is 0 Å². The number of urea groups is 1. The van der Waals surface area contributed by atoms with Crippen LogP contribution in [0.2, 0.25) is 0 Å². The van der Waals surface area contributed by atoms with Gasteiger partial charge in [0.25, 0.3) is 0 Å². The van der Waals surface area contributed by atoms with Crippen LogP contribution in [-0.2, 0) is 13.1 Å². The molecule has 0 atom stereocenters. The van der Waals surface area contributed by atoms with Gasteiger partial charge in [-0.15, -0.1) is 11.3 Å². The third-order valence-electron chi connectivity index (χ3n) is 4.46. The lowest BCUT2D eigenvalue weighted by Gasteiger charge is -2.34. The van der Waals surface area contributed by atoms with E-state index >= 15 is 0 Å². The van der Waals surface area contributed by atoms with Crippen LogP contribution < -0.4 is 5.32 Å². The zero-order chi connectivity index (χ0) is 17.1. The van der Waals surface area contributed by atoms with Crippen molar-refractivity contribution in [3.8, 4) is 0 Å². The van der Waals surface area contributed by atoms with Crippen molar-refractivity contribution in [2.75, 3.05) is 26.2 Å². The van der Waals surface area contributed by atoms with E-state index in [-0.39, 0.29) is 6.03 Å². The molecule has 0 aliphatic carbocycles. The summed E-state index contributed by atoms with van der Waals surface area (Å²) in [5.41, 5.74) is 2.13.